The lowest BCUT2D eigenvalue weighted by Gasteiger charge is -2.14. The molecule has 0 saturated carbocycles. The number of aryl methyl sites for hydroxylation is 1. The number of unbranched alkanes of at least 4 members (excludes halogenated alkanes) is 5. The molecule has 1 aromatic heterocycles. The second-order valence-corrected chi connectivity index (χ2v) is 6.28. The van der Waals surface area contributed by atoms with Crippen LogP contribution in [0.3, 0.4) is 0 Å². The van der Waals surface area contributed by atoms with E-state index in [0.717, 1.165) is 18.7 Å². The maximum atomic E-state index is 9.77. The van der Waals surface area contributed by atoms with Crippen molar-refractivity contribution in [1.29, 1.82) is 0 Å². The Labute approximate surface area is 138 Å². The SMILES string of the molecule is CCCCCCCCn1cc(COC[C@@H]2OC[C@H](N)[C@@H]2O)nn1. The molecule has 132 valence electrons. The molecule has 1 aliphatic rings. The Kier molecular flexibility index (Phi) is 7.94. The summed E-state index contributed by atoms with van der Waals surface area (Å²) in [5.74, 6) is 0. The highest BCUT2D eigenvalue weighted by Gasteiger charge is 2.33. The molecule has 7 heteroatoms. The Balaban J connectivity index is 1.57. The average Bonchev–Trinajstić information content (AvgIpc) is 3.12. The van der Waals surface area contributed by atoms with Crippen LogP contribution in [0.2, 0.25) is 0 Å². The van der Waals surface area contributed by atoms with Crippen LogP contribution in [0.25, 0.3) is 0 Å². The fraction of sp³-hybridized carbons (Fsp3) is 0.875. The van der Waals surface area contributed by atoms with Crippen molar-refractivity contribution < 1.29 is 14.6 Å². The third-order valence-electron chi connectivity index (χ3n) is 4.18. The van der Waals surface area contributed by atoms with Crippen molar-refractivity contribution in [2.24, 2.45) is 5.73 Å². The molecule has 2 rings (SSSR count). The van der Waals surface area contributed by atoms with Crippen LogP contribution < -0.4 is 5.73 Å². The number of ether oxygens (including phenoxy) is 2. The molecule has 0 amide bonds. The fourth-order valence-corrected chi connectivity index (χ4v) is 2.70. The van der Waals surface area contributed by atoms with Crippen LogP contribution in [0, 0.1) is 0 Å². The van der Waals surface area contributed by atoms with Crippen LogP contribution in [0.15, 0.2) is 6.20 Å². The van der Waals surface area contributed by atoms with E-state index in [2.05, 4.69) is 17.2 Å². The van der Waals surface area contributed by atoms with Gasteiger partial charge in [-0.15, -0.1) is 5.10 Å². The van der Waals surface area contributed by atoms with E-state index in [1.807, 2.05) is 10.9 Å². The minimum atomic E-state index is -0.654. The van der Waals surface area contributed by atoms with Crippen LogP contribution in [-0.4, -0.2) is 51.6 Å². The van der Waals surface area contributed by atoms with E-state index in [1.54, 1.807) is 0 Å². The van der Waals surface area contributed by atoms with E-state index in [0.29, 0.717) is 19.8 Å². The van der Waals surface area contributed by atoms with Gasteiger partial charge in [0.2, 0.25) is 0 Å². The summed E-state index contributed by atoms with van der Waals surface area (Å²) >= 11 is 0. The highest BCUT2D eigenvalue weighted by Crippen LogP contribution is 2.13. The molecule has 3 atom stereocenters. The molecule has 3 N–H and O–H groups in total. The van der Waals surface area contributed by atoms with Crippen molar-refractivity contribution in [1.82, 2.24) is 15.0 Å². The second kappa shape index (κ2) is 9.97. The Morgan fingerprint density at radius 2 is 2.13 bits per heavy atom. The first kappa shape index (κ1) is 18.3. The van der Waals surface area contributed by atoms with Crippen molar-refractivity contribution in [3.8, 4) is 0 Å². The summed E-state index contributed by atoms with van der Waals surface area (Å²) in [5, 5.41) is 18.0. The van der Waals surface area contributed by atoms with Crippen LogP contribution >= 0.6 is 0 Å². The first-order valence-electron chi connectivity index (χ1n) is 8.72. The number of aliphatic hydroxyl groups excluding tert-OH is 1. The maximum Gasteiger partial charge on any atom is 0.108 e. The van der Waals surface area contributed by atoms with Gasteiger partial charge in [-0.05, 0) is 6.42 Å². The molecule has 0 bridgehead atoms. The number of hydrogen-bond donors (Lipinski definition) is 2. The third-order valence-corrected chi connectivity index (χ3v) is 4.18. The van der Waals surface area contributed by atoms with Crippen molar-refractivity contribution >= 4 is 0 Å². The Morgan fingerprint density at radius 3 is 2.87 bits per heavy atom. The first-order chi connectivity index (χ1) is 11.2. The molecule has 0 spiro atoms. The predicted molar refractivity (Wildman–Crippen MR) is 86.8 cm³/mol. The van der Waals surface area contributed by atoms with E-state index < -0.39 is 6.10 Å². The molecule has 1 aromatic rings. The van der Waals surface area contributed by atoms with Crippen molar-refractivity contribution in [2.45, 2.75) is 76.9 Å². The summed E-state index contributed by atoms with van der Waals surface area (Å²) in [6.45, 7) is 4.20. The van der Waals surface area contributed by atoms with Gasteiger partial charge >= 0.3 is 0 Å². The lowest BCUT2D eigenvalue weighted by Crippen LogP contribution is -2.38. The summed E-state index contributed by atoms with van der Waals surface area (Å²) in [7, 11) is 0. The van der Waals surface area contributed by atoms with Gasteiger partial charge in [0.25, 0.3) is 0 Å². The zero-order chi connectivity index (χ0) is 16.5. The van der Waals surface area contributed by atoms with Crippen LogP contribution in [0.4, 0.5) is 0 Å². The molecule has 1 fully saturated rings. The number of hydrogen-bond acceptors (Lipinski definition) is 6. The van der Waals surface area contributed by atoms with Crippen molar-refractivity contribution in [3.63, 3.8) is 0 Å². The van der Waals surface area contributed by atoms with Gasteiger partial charge in [-0.1, -0.05) is 44.2 Å². The van der Waals surface area contributed by atoms with Gasteiger partial charge in [0.05, 0.1) is 38.2 Å². The van der Waals surface area contributed by atoms with Gasteiger partial charge in [0.15, 0.2) is 0 Å². The molecule has 0 aromatic carbocycles. The molecule has 0 radical (unpaired) electrons. The topological polar surface area (TPSA) is 95.4 Å². The number of nitrogens with two attached hydrogens (primary N) is 1. The summed E-state index contributed by atoms with van der Waals surface area (Å²) in [5.41, 5.74) is 6.48. The molecule has 2 heterocycles. The average molecular weight is 326 g/mol. The summed E-state index contributed by atoms with van der Waals surface area (Å²) < 4.78 is 12.8. The smallest absolute Gasteiger partial charge is 0.108 e. The lowest BCUT2D eigenvalue weighted by molar-refractivity contribution is -0.0299. The van der Waals surface area contributed by atoms with E-state index in [1.165, 1.54) is 32.1 Å². The van der Waals surface area contributed by atoms with Crippen LogP contribution in [0.5, 0.6) is 0 Å². The standard InChI is InChI=1S/C16H30N4O3/c1-2-3-4-5-6-7-8-20-9-13(18-19-20)10-22-12-15-16(21)14(17)11-23-15/h9,14-16,21H,2-8,10-12,17H2,1H3/t14-,15-,16-/m0/s1. The molecular weight excluding hydrogens is 296 g/mol. The zero-order valence-corrected chi connectivity index (χ0v) is 14.1. The Bertz CT molecular complexity index is 441. The number of rotatable bonds is 11. The predicted octanol–water partition coefficient (Wildman–Crippen LogP) is 1.24. The fourth-order valence-electron chi connectivity index (χ4n) is 2.70. The van der Waals surface area contributed by atoms with Gasteiger partial charge in [0, 0.05) is 6.54 Å². The lowest BCUT2D eigenvalue weighted by atomic mass is 10.1. The van der Waals surface area contributed by atoms with Gasteiger partial charge in [-0.3, -0.25) is 4.68 Å². The summed E-state index contributed by atoms with van der Waals surface area (Å²) in [4.78, 5) is 0. The Morgan fingerprint density at radius 1 is 1.35 bits per heavy atom. The normalized spacial score (nSPS) is 24.4. The molecule has 23 heavy (non-hydrogen) atoms. The minimum Gasteiger partial charge on any atom is -0.389 e. The van der Waals surface area contributed by atoms with Gasteiger partial charge in [-0.2, -0.15) is 0 Å². The number of nitrogens with zero attached hydrogens (tertiary/aromatic N) is 3. The molecule has 0 aliphatic carbocycles. The summed E-state index contributed by atoms with van der Waals surface area (Å²) in [6, 6.07) is -0.318. The molecule has 7 nitrogen and oxygen atoms in total. The van der Waals surface area contributed by atoms with Gasteiger partial charge in [-0.25, -0.2) is 0 Å². The van der Waals surface area contributed by atoms with E-state index >= 15 is 0 Å². The monoisotopic (exact) mass is 326 g/mol. The van der Waals surface area contributed by atoms with E-state index in [-0.39, 0.29) is 12.1 Å². The quantitative estimate of drug-likeness (QED) is 0.594. The molecule has 0 unspecified atom stereocenters. The van der Waals surface area contributed by atoms with Crippen molar-refractivity contribution in [2.75, 3.05) is 13.2 Å². The number of aliphatic hydroxyl groups is 1. The highest BCUT2D eigenvalue weighted by molar-refractivity contribution is 4.90. The van der Waals surface area contributed by atoms with Crippen LogP contribution in [0.1, 0.15) is 51.1 Å². The van der Waals surface area contributed by atoms with E-state index in [4.69, 9.17) is 15.2 Å². The van der Waals surface area contributed by atoms with Gasteiger partial charge in [0.1, 0.15) is 11.8 Å². The van der Waals surface area contributed by atoms with Gasteiger partial charge < -0.3 is 20.3 Å². The molecule has 1 aliphatic heterocycles. The zero-order valence-electron chi connectivity index (χ0n) is 14.1. The Hall–Kier alpha value is -1.02. The summed E-state index contributed by atoms with van der Waals surface area (Å²) in [6.07, 6.45) is 8.52. The van der Waals surface area contributed by atoms with Crippen molar-refractivity contribution in [3.05, 3.63) is 11.9 Å². The molecule has 1 saturated heterocycles. The van der Waals surface area contributed by atoms with E-state index in [9.17, 15) is 5.11 Å². The second-order valence-electron chi connectivity index (χ2n) is 6.28. The minimum absolute atomic E-state index is 0.318. The molecular formula is C16H30N4O3. The number of aromatic nitrogens is 3. The third kappa shape index (κ3) is 6.18. The first-order valence-corrected chi connectivity index (χ1v) is 8.72. The van der Waals surface area contributed by atoms with Crippen LogP contribution in [-0.2, 0) is 22.6 Å². The maximum absolute atomic E-state index is 9.77. The largest absolute Gasteiger partial charge is 0.389 e. The highest BCUT2D eigenvalue weighted by atomic mass is 16.5.